The largest absolute Gasteiger partial charge is 0.455 e. The lowest BCUT2D eigenvalue weighted by atomic mass is 10.2. The van der Waals surface area contributed by atoms with Gasteiger partial charge in [0, 0.05) is 23.2 Å². The van der Waals surface area contributed by atoms with Crippen molar-refractivity contribution in [3.63, 3.8) is 0 Å². The molecule has 0 amide bonds. The van der Waals surface area contributed by atoms with Crippen molar-refractivity contribution in [3.05, 3.63) is 54.7 Å². The van der Waals surface area contributed by atoms with Gasteiger partial charge >= 0.3 is 0 Å². The highest BCUT2D eigenvalue weighted by atomic mass is 16.5. The summed E-state index contributed by atoms with van der Waals surface area (Å²) in [6.45, 7) is 0. The van der Waals surface area contributed by atoms with Crippen molar-refractivity contribution in [2.24, 2.45) is 0 Å². The second kappa shape index (κ2) is 3.87. The van der Waals surface area contributed by atoms with Gasteiger partial charge in [-0.1, -0.05) is 18.2 Å². The van der Waals surface area contributed by atoms with E-state index in [1.165, 1.54) is 0 Å². The molecule has 0 saturated heterocycles. The fourth-order valence-corrected chi connectivity index (χ4v) is 1.80. The fourth-order valence-electron chi connectivity index (χ4n) is 1.80. The van der Waals surface area contributed by atoms with Crippen LogP contribution in [-0.2, 0) is 0 Å². The van der Waals surface area contributed by atoms with E-state index in [1.807, 2.05) is 54.7 Å². The molecular formula is C14H12N2O. The van der Waals surface area contributed by atoms with E-state index in [1.54, 1.807) is 0 Å². The van der Waals surface area contributed by atoms with E-state index in [2.05, 4.69) is 4.98 Å². The average Bonchev–Trinajstić information content (AvgIpc) is 2.78. The van der Waals surface area contributed by atoms with Crippen LogP contribution in [-0.4, -0.2) is 4.98 Å². The van der Waals surface area contributed by atoms with Crippen LogP contribution >= 0.6 is 0 Å². The number of hydrogen-bond donors (Lipinski definition) is 2. The van der Waals surface area contributed by atoms with Gasteiger partial charge in [-0.15, -0.1) is 0 Å². The molecular weight excluding hydrogens is 212 g/mol. The highest BCUT2D eigenvalue weighted by Gasteiger charge is 2.05. The molecule has 0 radical (unpaired) electrons. The Labute approximate surface area is 98.8 Å². The van der Waals surface area contributed by atoms with E-state index in [0.29, 0.717) is 11.4 Å². The number of aromatic nitrogens is 1. The minimum atomic E-state index is 0.640. The maximum atomic E-state index is 5.95. The second-order valence-corrected chi connectivity index (χ2v) is 3.87. The maximum absolute atomic E-state index is 5.95. The highest BCUT2D eigenvalue weighted by Crippen LogP contribution is 2.31. The summed E-state index contributed by atoms with van der Waals surface area (Å²) in [7, 11) is 0. The fraction of sp³-hybridized carbons (Fsp3) is 0. The molecule has 0 aliphatic carbocycles. The Morgan fingerprint density at radius 1 is 1.00 bits per heavy atom. The normalized spacial score (nSPS) is 10.6. The van der Waals surface area contributed by atoms with Crippen LogP contribution in [0.15, 0.2) is 54.7 Å². The lowest BCUT2D eigenvalue weighted by molar-refractivity contribution is 0.486. The zero-order valence-corrected chi connectivity index (χ0v) is 9.18. The van der Waals surface area contributed by atoms with E-state index in [-0.39, 0.29) is 0 Å². The third kappa shape index (κ3) is 1.83. The molecule has 3 aromatic rings. The molecule has 3 rings (SSSR count). The summed E-state index contributed by atoms with van der Waals surface area (Å²) in [6.07, 6.45) is 1.89. The highest BCUT2D eigenvalue weighted by molar-refractivity contribution is 5.85. The Morgan fingerprint density at radius 3 is 2.65 bits per heavy atom. The molecule has 0 aliphatic rings. The van der Waals surface area contributed by atoms with Crippen molar-refractivity contribution in [1.82, 2.24) is 4.98 Å². The van der Waals surface area contributed by atoms with Gasteiger partial charge in [-0.2, -0.15) is 0 Å². The van der Waals surface area contributed by atoms with Crippen LogP contribution in [0.25, 0.3) is 10.9 Å². The number of ether oxygens (including phenoxy) is 1. The van der Waals surface area contributed by atoms with Crippen molar-refractivity contribution >= 4 is 16.6 Å². The number of fused-ring (bicyclic) bond motifs is 1. The van der Waals surface area contributed by atoms with Crippen molar-refractivity contribution < 1.29 is 4.74 Å². The van der Waals surface area contributed by atoms with Gasteiger partial charge in [-0.25, -0.2) is 0 Å². The number of nitrogens with two attached hydrogens (primary N) is 1. The first kappa shape index (κ1) is 9.78. The van der Waals surface area contributed by atoms with Crippen molar-refractivity contribution in [2.45, 2.75) is 0 Å². The first-order chi connectivity index (χ1) is 8.33. The smallest absolute Gasteiger partial charge is 0.152 e. The number of para-hydroxylation sites is 1. The standard InChI is InChI=1S/C14H12N2O/c15-12-8-10-6-7-16-13(10)9-14(12)17-11-4-2-1-3-5-11/h1-9,16H,15H2. The third-order valence-corrected chi connectivity index (χ3v) is 2.65. The number of anilines is 1. The van der Waals surface area contributed by atoms with Gasteiger partial charge in [-0.3, -0.25) is 0 Å². The summed E-state index contributed by atoms with van der Waals surface area (Å²) in [5, 5.41) is 1.09. The molecule has 0 unspecified atom stereocenters. The van der Waals surface area contributed by atoms with Crippen molar-refractivity contribution in [3.8, 4) is 11.5 Å². The Balaban J connectivity index is 2.02. The summed E-state index contributed by atoms with van der Waals surface area (Å²) >= 11 is 0. The van der Waals surface area contributed by atoms with Gasteiger partial charge in [0.25, 0.3) is 0 Å². The molecule has 1 aromatic heterocycles. The molecule has 0 atom stereocenters. The third-order valence-electron chi connectivity index (χ3n) is 2.65. The van der Waals surface area contributed by atoms with Gasteiger partial charge in [0.1, 0.15) is 5.75 Å². The summed E-state index contributed by atoms with van der Waals surface area (Å²) in [5.74, 6) is 1.45. The van der Waals surface area contributed by atoms with Crippen LogP contribution in [0, 0.1) is 0 Å². The molecule has 3 nitrogen and oxygen atoms in total. The Hall–Kier alpha value is -2.42. The summed E-state index contributed by atoms with van der Waals surface area (Å²) in [6, 6.07) is 15.4. The zero-order chi connectivity index (χ0) is 11.7. The van der Waals surface area contributed by atoms with Crippen LogP contribution in [0.3, 0.4) is 0 Å². The molecule has 0 spiro atoms. The molecule has 84 valence electrons. The molecule has 0 saturated carbocycles. The van der Waals surface area contributed by atoms with Crippen molar-refractivity contribution in [1.29, 1.82) is 0 Å². The topological polar surface area (TPSA) is 51.0 Å². The van der Waals surface area contributed by atoms with Gasteiger partial charge in [-0.05, 0) is 24.3 Å². The van der Waals surface area contributed by atoms with Crippen LogP contribution in [0.4, 0.5) is 5.69 Å². The SMILES string of the molecule is Nc1cc2cc[nH]c2cc1Oc1ccccc1. The maximum Gasteiger partial charge on any atom is 0.152 e. The lowest BCUT2D eigenvalue weighted by Crippen LogP contribution is -1.91. The summed E-state index contributed by atoms with van der Waals surface area (Å²) in [5.41, 5.74) is 7.61. The number of rotatable bonds is 2. The van der Waals surface area contributed by atoms with E-state index < -0.39 is 0 Å². The van der Waals surface area contributed by atoms with Crippen LogP contribution in [0.1, 0.15) is 0 Å². The van der Waals surface area contributed by atoms with Crippen LogP contribution < -0.4 is 10.5 Å². The first-order valence-electron chi connectivity index (χ1n) is 5.42. The van der Waals surface area contributed by atoms with Gasteiger partial charge in [0.05, 0.1) is 5.69 Å². The quantitative estimate of drug-likeness (QED) is 0.654. The molecule has 1 heterocycles. The number of nitrogens with one attached hydrogen (secondary N) is 1. The average molecular weight is 224 g/mol. The Kier molecular flexibility index (Phi) is 2.22. The minimum absolute atomic E-state index is 0.640. The monoisotopic (exact) mass is 224 g/mol. The molecule has 0 fully saturated rings. The van der Waals surface area contributed by atoms with E-state index in [0.717, 1.165) is 16.7 Å². The van der Waals surface area contributed by atoms with Crippen LogP contribution in [0.5, 0.6) is 11.5 Å². The molecule has 3 N–H and O–H groups in total. The number of hydrogen-bond acceptors (Lipinski definition) is 2. The van der Waals surface area contributed by atoms with E-state index in [9.17, 15) is 0 Å². The number of benzene rings is 2. The lowest BCUT2D eigenvalue weighted by Gasteiger charge is -2.08. The molecule has 0 bridgehead atoms. The van der Waals surface area contributed by atoms with Crippen molar-refractivity contribution in [2.75, 3.05) is 5.73 Å². The Bertz CT molecular complexity index is 644. The van der Waals surface area contributed by atoms with E-state index >= 15 is 0 Å². The molecule has 2 aromatic carbocycles. The predicted molar refractivity (Wildman–Crippen MR) is 69.2 cm³/mol. The van der Waals surface area contributed by atoms with Gasteiger partial charge < -0.3 is 15.5 Å². The zero-order valence-electron chi connectivity index (χ0n) is 9.18. The van der Waals surface area contributed by atoms with Gasteiger partial charge in [0.15, 0.2) is 5.75 Å². The number of nitrogen functional groups attached to an aromatic ring is 1. The number of aromatic amines is 1. The van der Waals surface area contributed by atoms with E-state index in [4.69, 9.17) is 10.5 Å². The summed E-state index contributed by atoms with van der Waals surface area (Å²) < 4.78 is 5.74. The number of H-pyrrole nitrogens is 1. The first-order valence-corrected chi connectivity index (χ1v) is 5.42. The van der Waals surface area contributed by atoms with Crippen LogP contribution in [0.2, 0.25) is 0 Å². The second-order valence-electron chi connectivity index (χ2n) is 3.87. The predicted octanol–water partition coefficient (Wildman–Crippen LogP) is 3.54. The molecule has 17 heavy (non-hydrogen) atoms. The summed E-state index contributed by atoms with van der Waals surface area (Å²) in [4.78, 5) is 3.14. The molecule has 3 heteroatoms. The Morgan fingerprint density at radius 2 is 1.82 bits per heavy atom. The minimum Gasteiger partial charge on any atom is -0.455 e. The molecule has 0 aliphatic heterocycles. The van der Waals surface area contributed by atoms with Gasteiger partial charge in [0.2, 0.25) is 0 Å².